The van der Waals surface area contributed by atoms with Gasteiger partial charge in [-0.2, -0.15) is 0 Å². The van der Waals surface area contributed by atoms with Gasteiger partial charge in [-0.3, -0.25) is 9.59 Å². The van der Waals surface area contributed by atoms with Crippen molar-refractivity contribution in [2.24, 2.45) is 0 Å². The smallest absolute Gasteiger partial charge is 0.254 e. The van der Waals surface area contributed by atoms with Crippen LogP contribution in [-0.4, -0.2) is 42.2 Å². The largest absolute Gasteiger partial charge is 0.497 e. The molecule has 0 aliphatic carbocycles. The second-order valence-electron chi connectivity index (χ2n) is 7.40. The van der Waals surface area contributed by atoms with Crippen LogP contribution >= 0.6 is 15.9 Å². The number of fused-ring (bicyclic) bond motifs is 1. The van der Waals surface area contributed by atoms with Crippen LogP contribution in [0.4, 0.5) is 0 Å². The number of amides is 1. The number of methoxy groups -OCH3 is 1. The van der Waals surface area contributed by atoms with E-state index in [0.29, 0.717) is 30.0 Å². The number of hydrogen-bond acceptors (Lipinski definition) is 4. The zero-order valence-corrected chi connectivity index (χ0v) is 18.3. The van der Waals surface area contributed by atoms with Gasteiger partial charge >= 0.3 is 0 Å². The first kappa shape index (κ1) is 20.6. The number of benzene rings is 2. The molecular weight excluding hydrogens is 448 g/mol. The second-order valence-corrected chi connectivity index (χ2v) is 8.32. The Hall–Kier alpha value is -2.64. The van der Waals surface area contributed by atoms with Crippen LogP contribution in [0.15, 0.2) is 57.8 Å². The topological polar surface area (TPSA) is 71.6 Å². The van der Waals surface area contributed by atoms with Crippen molar-refractivity contribution in [2.75, 3.05) is 20.3 Å². The highest BCUT2D eigenvalue weighted by atomic mass is 79.9. The van der Waals surface area contributed by atoms with E-state index in [1.807, 2.05) is 30.3 Å². The van der Waals surface area contributed by atoms with Gasteiger partial charge in [-0.25, -0.2) is 0 Å². The second kappa shape index (κ2) is 9.02. The van der Waals surface area contributed by atoms with E-state index in [9.17, 15) is 9.59 Å². The molecule has 7 heteroatoms. The molecule has 1 aromatic heterocycles. The number of pyridine rings is 1. The Labute approximate surface area is 182 Å². The fourth-order valence-electron chi connectivity index (χ4n) is 3.71. The van der Waals surface area contributed by atoms with Crippen LogP contribution in [0.2, 0.25) is 0 Å². The van der Waals surface area contributed by atoms with Gasteiger partial charge in [-0.15, -0.1) is 0 Å². The number of nitrogens with one attached hydrogen (secondary N) is 1. The van der Waals surface area contributed by atoms with Crippen LogP contribution in [0.25, 0.3) is 10.9 Å². The van der Waals surface area contributed by atoms with Crippen molar-refractivity contribution in [3.63, 3.8) is 0 Å². The van der Waals surface area contributed by atoms with Crippen LogP contribution in [0.1, 0.15) is 28.8 Å². The quantitative estimate of drug-likeness (QED) is 0.587. The van der Waals surface area contributed by atoms with E-state index in [1.165, 1.54) is 0 Å². The molecule has 1 fully saturated rings. The number of nitrogens with zero attached hydrogens (tertiary/aromatic N) is 1. The molecule has 6 nitrogen and oxygen atoms in total. The SMILES string of the molecule is COc1ccc2[nH]c(=O)c(CN(C[C@@H]3CCCO3)C(=O)c3ccc(Br)cc3)cc2c1. The third kappa shape index (κ3) is 4.57. The minimum absolute atomic E-state index is 0.0102. The molecule has 2 heterocycles. The van der Waals surface area contributed by atoms with Gasteiger partial charge in [-0.1, -0.05) is 15.9 Å². The lowest BCUT2D eigenvalue weighted by Crippen LogP contribution is -2.38. The van der Waals surface area contributed by atoms with Gasteiger partial charge in [0.25, 0.3) is 11.5 Å². The van der Waals surface area contributed by atoms with Gasteiger partial charge in [0.2, 0.25) is 0 Å². The number of carbonyl (C=O) groups excluding carboxylic acids is 1. The van der Waals surface area contributed by atoms with E-state index in [2.05, 4.69) is 20.9 Å². The molecule has 30 heavy (non-hydrogen) atoms. The maximum absolute atomic E-state index is 13.2. The van der Waals surface area contributed by atoms with E-state index in [-0.39, 0.29) is 24.1 Å². The fraction of sp³-hybridized carbons (Fsp3) is 0.304. The maximum atomic E-state index is 13.2. The highest BCUT2D eigenvalue weighted by molar-refractivity contribution is 9.10. The first-order chi connectivity index (χ1) is 14.5. The number of hydrogen-bond donors (Lipinski definition) is 1. The van der Waals surface area contributed by atoms with Gasteiger partial charge in [0.15, 0.2) is 0 Å². The van der Waals surface area contributed by atoms with Gasteiger partial charge in [0.1, 0.15) is 5.75 Å². The number of rotatable bonds is 6. The van der Waals surface area contributed by atoms with Gasteiger partial charge in [-0.05, 0) is 61.4 Å². The Balaban J connectivity index is 1.66. The summed E-state index contributed by atoms with van der Waals surface area (Å²) in [7, 11) is 1.61. The minimum Gasteiger partial charge on any atom is -0.497 e. The molecule has 1 aliphatic rings. The van der Waals surface area contributed by atoms with E-state index < -0.39 is 0 Å². The third-order valence-electron chi connectivity index (χ3n) is 5.32. The average Bonchev–Trinajstić information content (AvgIpc) is 3.26. The summed E-state index contributed by atoms with van der Waals surface area (Å²) in [5.74, 6) is 0.589. The van der Waals surface area contributed by atoms with Crippen LogP contribution < -0.4 is 10.3 Å². The van der Waals surface area contributed by atoms with E-state index in [1.54, 1.807) is 30.2 Å². The molecule has 0 spiro atoms. The molecule has 0 bridgehead atoms. The molecular formula is C23H23BrN2O4. The summed E-state index contributed by atoms with van der Waals surface area (Å²) in [5.41, 5.74) is 1.64. The summed E-state index contributed by atoms with van der Waals surface area (Å²) >= 11 is 3.40. The van der Waals surface area contributed by atoms with Crippen molar-refractivity contribution in [1.82, 2.24) is 9.88 Å². The molecule has 0 saturated carbocycles. The third-order valence-corrected chi connectivity index (χ3v) is 5.84. The van der Waals surface area contributed by atoms with Crippen LogP contribution in [0, 0.1) is 0 Å². The molecule has 1 aliphatic heterocycles. The predicted octanol–water partition coefficient (Wildman–Crippen LogP) is 4.12. The summed E-state index contributed by atoms with van der Waals surface area (Å²) in [5, 5.41) is 0.858. The number of ether oxygens (including phenoxy) is 2. The maximum Gasteiger partial charge on any atom is 0.254 e. The Bertz CT molecular complexity index is 1100. The van der Waals surface area contributed by atoms with Crippen molar-refractivity contribution in [3.05, 3.63) is 74.5 Å². The molecule has 156 valence electrons. The van der Waals surface area contributed by atoms with Crippen molar-refractivity contribution in [2.45, 2.75) is 25.5 Å². The van der Waals surface area contributed by atoms with Crippen LogP contribution in [0.5, 0.6) is 5.75 Å². The van der Waals surface area contributed by atoms with Crippen molar-refractivity contribution < 1.29 is 14.3 Å². The van der Waals surface area contributed by atoms with Gasteiger partial charge < -0.3 is 19.4 Å². The highest BCUT2D eigenvalue weighted by Crippen LogP contribution is 2.21. The van der Waals surface area contributed by atoms with E-state index in [4.69, 9.17) is 9.47 Å². The monoisotopic (exact) mass is 470 g/mol. The van der Waals surface area contributed by atoms with E-state index in [0.717, 1.165) is 28.2 Å². The molecule has 3 aromatic rings. The lowest BCUT2D eigenvalue weighted by molar-refractivity contribution is 0.0506. The molecule has 0 radical (unpaired) electrons. The zero-order chi connectivity index (χ0) is 21.1. The molecule has 1 atom stereocenters. The van der Waals surface area contributed by atoms with Gasteiger partial charge in [0.05, 0.1) is 19.8 Å². The normalized spacial score (nSPS) is 16.0. The molecule has 0 unspecified atom stereocenters. The molecule has 2 aromatic carbocycles. The van der Waals surface area contributed by atoms with Crippen molar-refractivity contribution in [1.29, 1.82) is 0 Å². The first-order valence-corrected chi connectivity index (χ1v) is 10.7. The Morgan fingerprint density at radius 3 is 2.73 bits per heavy atom. The number of carbonyl (C=O) groups is 1. The summed E-state index contributed by atoms with van der Waals surface area (Å²) in [4.78, 5) is 30.6. The fourth-order valence-corrected chi connectivity index (χ4v) is 3.97. The lowest BCUT2D eigenvalue weighted by Gasteiger charge is -2.25. The van der Waals surface area contributed by atoms with Crippen LogP contribution in [0.3, 0.4) is 0 Å². The van der Waals surface area contributed by atoms with Crippen molar-refractivity contribution in [3.8, 4) is 5.75 Å². The molecule has 1 saturated heterocycles. The van der Waals surface area contributed by atoms with Crippen LogP contribution in [-0.2, 0) is 11.3 Å². The minimum atomic E-state index is -0.200. The van der Waals surface area contributed by atoms with Crippen molar-refractivity contribution >= 4 is 32.7 Å². The number of H-pyrrole nitrogens is 1. The van der Waals surface area contributed by atoms with Gasteiger partial charge in [0, 0.05) is 39.7 Å². The summed E-state index contributed by atoms with van der Waals surface area (Å²) in [6, 6.07) is 14.6. The average molecular weight is 471 g/mol. The Kier molecular flexibility index (Phi) is 6.20. The van der Waals surface area contributed by atoms with E-state index >= 15 is 0 Å². The number of halogens is 1. The number of aromatic nitrogens is 1. The standard InChI is InChI=1S/C23H23BrN2O4/c1-29-19-8-9-21-16(12-19)11-17(22(27)25-21)13-26(14-20-3-2-10-30-20)23(28)15-4-6-18(24)7-5-15/h4-9,11-12,20H,2-3,10,13-14H2,1H3,(H,25,27)/t20-/m0/s1. The first-order valence-electron chi connectivity index (χ1n) is 9.90. The Morgan fingerprint density at radius 1 is 1.23 bits per heavy atom. The molecule has 1 N–H and O–H groups in total. The summed E-state index contributed by atoms with van der Waals surface area (Å²) < 4.78 is 12.0. The molecule has 1 amide bonds. The molecule has 4 rings (SSSR count). The zero-order valence-electron chi connectivity index (χ0n) is 16.7. The summed E-state index contributed by atoms with van der Waals surface area (Å²) in [6.07, 6.45) is 1.89. The lowest BCUT2D eigenvalue weighted by atomic mass is 10.1. The highest BCUT2D eigenvalue weighted by Gasteiger charge is 2.24. The Morgan fingerprint density at radius 2 is 2.03 bits per heavy atom. The predicted molar refractivity (Wildman–Crippen MR) is 119 cm³/mol. The summed E-state index contributed by atoms with van der Waals surface area (Å²) in [6.45, 7) is 1.36. The number of aromatic amines is 1.